The molecule has 88 valence electrons. The predicted molar refractivity (Wildman–Crippen MR) is 66.0 cm³/mol. The lowest BCUT2D eigenvalue weighted by molar-refractivity contribution is 0.0209. The summed E-state index contributed by atoms with van der Waals surface area (Å²) in [5, 5.41) is 0. The van der Waals surface area contributed by atoms with Crippen molar-refractivity contribution in [2.24, 2.45) is 5.73 Å². The molecule has 0 radical (unpaired) electrons. The molecule has 0 saturated heterocycles. The molecule has 0 atom stereocenters. The number of nitrogens with two attached hydrogens (primary N) is 1. The molecule has 0 bridgehead atoms. The standard InChI is InChI=1S/C11H15NO3S/c1-3-14-7-15-9-5-4-8(11(12)16)6-10(9)13-2/h4-6H,3,7H2,1-2H3,(H2,12,16). The normalized spacial score (nSPS) is 9.88. The maximum atomic E-state index is 5.52. The fourth-order valence-corrected chi connectivity index (χ4v) is 1.26. The lowest BCUT2D eigenvalue weighted by atomic mass is 10.2. The molecule has 5 heteroatoms. The second-order valence-electron chi connectivity index (χ2n) is 2.98. The lowest BCUT2D eigenvalue weighted by Crippen LogP contribution is -2.10. The van der Waals surface area contributed by atoms with Crippen LogP contribution in [-0.2, 0) is 4.74 Å². The van der Waals surface area contributed by atoms with Crippen molar-refractivity contribution in [3.05, 3.63) is 23.8 Å². The van der Waals surface area contributed by atoms with E-state index in [1.807, 2.05) is 6.92 Å². The number of rotatable bonds is 6. The second kappa shape index (κ2) is 6.30. The Morgan fingerprint density at radius 2 is 2.12 bits per heavy atom. The minimum atomic E-state index is 0.194. The SMILES string of the molecule is CCOCOc1ccc(C(N)=S)cc1OC. The van der Waals surface area contributed by atoms with Crippen LogP contribution in [-0.4, -0.2) is 25.5 Å². The molecule has 0 aliphatic heterocycles. The maximum absolute atomic E-state index is 5.52. The van der Waals surface area contributed by atoms with Crippen LogP contribution in [0.4, 0.5) is 0 Å². The molecule has 1 aromatic rings. The van der Waals surface area contributed by atoms with Gasteiger partial charge < -0.3 is 19.9 Å². The van der Waals surface area contributed by atoms with Crippen LogP contribution < -0.4 is 15.2 Å². The summed E-state index contributed by atoms with van der Waals surface area (Å²) in [6, 6.07) is 5.28. The van der Waals surface area contributed by atoms with Crippen molar-refractivity contribution in [1.82, 2.24) is 0 Å². The summed E-state index contributed by atoms with van der Waals surface area (Å²) in [6.45, 7) is 2.70. The van der Waals surface area contributed by atoms with Gasteiger partial charge in [-0.2, -0.15) is 0 Å². The van der Waals surface area contributed by atoms with Crippen LogP contribution in [0.2, 0.25) is 0 Å². The van der Waals surface area contributed by atoms with Crippen LogP contribution >= 0.6 is 12.2 Å². The highest BCUT2D eigenvalue weighted by atomic mass is 32.1. The Morgan fingerprint density at radius 1 is 1.38 bits per heavy atom. The van der Waals surface area contributed by atoms with E-state index >= 15 is 0 Å². The number of hydrogen-bond acceptors (Lipinski definition) is 4. The summed E-state index contributed by atoms with van der Waals surface area (Å²) in [5.74, 6) is 1.20. The maximum Gasteiger partial charge on any atom is 0.189 e. The molecule has 1 aromatic carbocycles. The third kappa shape index (κ3) is 3.36. The van der Waals surface area contributed by atoms with E-state index in [2.05, 4.69) is 0 Å². The van der Waals surface area contributed by atoms with E-state index in [0.717, 1.165) is 5.56 Å². The van der Waals surface area contributed by atoms with E-state index in [1.165, 1.54) is 0 Å². The quantitative estimate of drug-likeness (QED) is 0.467. The fourth-order valence-electron chi connectivity index (χ4n) is 1.13. The van der Waals surface area contributed by atoms with Crippen LogP contribution in [0.25, 0.3) is 0 Å². The van der Waals surface area contributed by atoms with Crippen LogP contribution in [0.5, 0.6) is 11.5 Å². The van der Waals surface area contributed by atoms with Gasteiger partial charge in [-0.3, -0.25) is 0 Å². The van der Waals surface area contributed by atoms with Crippen LogP contribution in [0.1, 0.15) is 12.5 Å². The number of ether oxygens (including phenoxy) is 3. The Labute approximate surface area is 100 Å². The number of hydrogen-bond donors (Lipinski definition) is 1. The topological polar surface area (TPSA) is 53.7 Å². The Kier molecular flexibility index (Phi) is 5.01. The van der Waals surface area contributed by atoms with E-state index in [-0.39, 0.29) is 6.79 Å². The Morgan fingerprint density at radius 3 is 2.69 bits per heavy atom. The molecule has 4 nitrogen and oxygen atoms in total. The van der Waals surface area contributed by atoms with E-state index in [4.69, 9.17) is 32.2 Å². The highest BCUT2D eigenvalue weighted by Gasteiger charge is 2.06. The molecule has 0 aliphatic carbocycles. The molecule has 0 heterocycles. The smallest absolute Gasteiger partial charge is 0.189 e. The summed E-state index contributed by atoms with van der Waals surface area (Å²) in [6.07, 6.45) is 0. The number of thiocarbonyl (C=S) groups is 1. The summed E-state index contributed by atoms with van der Waals surface area (Å²) in [5.41, 5.74) is 6.27. The van der Waals surface area contributed by atoms with Gasteiger partial charge in [0.2, 0.25) is 0 Å². The summed E-state index contributed by atoms with van der Waals surface area (Å²) >= 11 is 4.88. The van der Waals surface area contributed by atoms with E-state index in [1.54, 1.807) is 25.3 Å². The minimum absolute atomic E-state index is 0.194. The molecule has 1 rings (SSSR count). The van der Waals surface area contributed by atoms with Crippen molar-refractivity contribution in [1.29, 1.82) is 0 Å². The van der Waals surface area contributed by atoms with Gasteiger partial charge in [-0.1, -0.05) is 12.2 Å². The largest absolute Gasteiger partial charge is 0.493 e. The monoisotopic (exact) mass is 241 g/mol. The first-order chi connectivity index (χ1) is 7.69. The first-order valence-electron chi connectivity index (χ1n) is 4.87. The Hall–Kier alpha value is -1.33. The van der Waals surface area contributed by atoms with E-state index < -0.39 is 0 Å². The number of benzene rings is 1. The zero-order chi connectivity index (χ0) is 12.0. The summed E-state index contributed by atoms with van der Waals surface area (Å²) in [7, 11) is 1.56. The van der Waals surface area contributed by atoms with Crippen molar-refractivity contribution in [2.45, 2.75) is 6.92 Å². The zero-order valence-corrected chi connectivity index (χ0v) is 10.2. The van der Waals surface area contributed by atoms with Crippen LogP contribution in [0, 0.1) is 0 Å². The lowest BCUT2D eigenvalue weighted by Gasteiger charge is -2.11. The molecular formula is C11H15NO3S. The molecule has 16 heavy (non-hydrogen) atoms. The van der Waals surface area contributed by atoms with Crippen molar-refractivity contribution in [2.75, 3.05) is 20.5 Å². The van der Waals surface area contributed by atoms with Crippen molar-refractivity contribution in [3.8, 4) is 11.5 Å². The van der Waals surface area contributed by atoms with Gasteiger partial charge in [0.15, 0.2) is 18.3 Å². The van der Waals surface area contributed by atoms with E-state index in [0.29, 0.717) is 23.1 Å². The summed E-state index contributed by atoms with van der Waals surface area (Å²) in [4.78, 5) is 0.328. The van der Waals surface area contributed by atoms with Gasteiger partial charge in [-0.15, -0.1) is 0 Å². The molecule has 0 spiro atoms. The van der Waals surface area contributed by atoms with Crippen molar-refractivity contribution >= 4 is 17.2 Å². The molecule has 0 saturated carbocycles. The van der Waals surface area contributed by atoms with E-state index in [9.17, 15) is 0 Å². The first kappa shape index (κ1) is 12.7. The highest BCUT2D eigenvalue weighted by molar-refractivity contribution is 7.80. The summed E-state index contributed by atoms with van der Waals surface area (Å²) < 4.78 is 15.6. The average molecular weight is 241 g/mol. The van der Waals surface area contributed by atoms with Crippen LogP contribution in [0.15, 0.2) is 18.2 Å². The molecule has 0 unspecified atom stereocenters. The molecule has 2 N–H and O–H groups in total. The molecule has 0 fully saturated rings. The molecule has 0 aliphatic rings. The fraction of sp³-hybridized carbons (Fsp3) is 0.364. The zero-order valence-electron chi connectivity index (χ0n) is 9.36. The van der Waals surface area contributed by atoms with Gasteiger partial charge >= 0.3 is 0 Å². The third-order valence-corrected chi connectivity index (χ3v) is 2.19. The van der Waals surface area contributed by atoms with Crippen molar-refractivity contribution in [3.63, 3.8) is 0 Å². The van der Waals surface area contributed by atoms with Gasteiger partial charge in [0.05, 0.1) is 7.11 Å². The Balaban J connectivity index is 2.80. The Bertz CT molecular complexity index is 368. The molecular weight excluding hydrogens is 226 g/mol. The number of methoxy groups -OCH3 is 1. The average Bonchev–Trinajstić information content (AvgIpc) is 2.29. The van der Waals surface area contributed by atoms with Gasteiger partial charge in [0, 0.05) is 12.2 Å². The second-order valence-corrected chi connectivity index (χ2v) is 3.42. The third-order valence-electron chi connectivity index (χ3n) is 1.95. The molecule has 0 amide bonds. The van der Waals surface area contributed by atoms with Crippen molar-refractivity contribution < 1.29 is 14.2 Å². The highest BCUT2D eigenvalue weighted by Crippen LogP contribution is 2.27. The minimum Gasteiger partial charge on any atom is -0.493 e. The van der Waals surface area contributed by atoms with Crippen LogP contribution in [0.3, 0.4) is 0 Å². The van der Waals surface area contributed by atoms with Gasteiger partial charge in [-0.05, 0) is 25.1 Å². The first-order valence-corrected chi connectivity index (χ1v) is 5.28. The van der Waals surface area contributed by atoms with Gasteiger partial charge in [0.1, 0.15) is 4.99 Å². The van der Waals surface area contributed by atoms with Gasteiger partial charge in [-0.25, -0.2) is 0 Å². The molecule has 0 aromatic heterocycles. The van der Waals surface area contributed by atoms with Gasteiger partial charge in [0.25, 0.3) is 0 Å². The predicted octanol–water partition coefficient (Wildman–Crippen LogP) is 1.70.